The van der Waals surface area contributed by atoms with E-state index in [1.54, 1.807) is 6.07 Å². The van der Waals surface area contributed by atoms with Crippen LogP contribution in [-0.2, 0) is 10.3 Å². The second kappa shape index (κ2) is 7.16. The predicted octanol–water partition coefficient (Wildman–Crippen LogP) is 2.22. The van der Waals surface area contributed by atoms with E-state index in [1.165, 1.54) is 25.4 Å². The van der Waals surface area contributed by atoms with Crippen molar-refractivity contribution in [2.24, 2.45) is 10.7 Å². The normalized spacial score (nSPS) is 20.0. The zero-order chi connectivity index (χ0) is 18.7. The molecule has 0 amide bonds. The summed E-state index contributed by atoms with van der Waals surface area (Å²) in [6.45, 7) is -0.562. The number of halogens is 3. The van der Waals surface area contributed by atoms with E-state index in [0.717, 1.165) is 6.07 Å². The fourth-order valence-electron chi connectivity index (χ4n) is 2.58. The van der Waals surface area contributed by atoms with Gasteiger partial charge in [-0.15, -0.1) is 0 Å². The molecule has 1 aromatic heterocycles. The highest BCUT2D eigenvalue weighted by Crippen LogP contribution is 2.38. The van der Waals surface area contributed by atoms with Crippen molar-refractivity contribution in [3.05, 3.63) is 41.8 Å². The first-order chi connectivity index (χ1) is 12.4. The van der Waals surface area contributed by atoms with Crippen LogP contribution in [0.3, 0.4) is 0 Å². The van der Waals surface area contributed by atoms with Crippen LogP contribution in [0.4, 0.5) is 24.8 Å². The number of amidine groups is 1. The lowest BCUT2D eigenvalue weighted by atomic mass is 9.90. The molecule has 0 fully saturated rings. The largest absolute Gasteiger partial charge is 0.481 e. The van der Waals surface area contributed by atoms with Gasteiger partial charge in [-0.25, -0.2) is 18.2 Å². The molecular formula is C16H16F3N5O2. The average Bonchev–Trinajstić information content (AvgIpc) is 2.63. The number of hydrogen-bond donors (Lipinski definition) is 2. The lowest BCUT2D eigenvalue weighted by molar-refractivity contribution is -0.0145. The number of anilines is 2. The molecule has 3 rings (SSSR count). The zero-order valence-electron chi connectivity index (χ0n) is 13.7. The van der Waals surface area contributed by atoms with Crippen molar-refractivity contribution in [3.63, 3.8) is 0 Å². The van der Waals surface area contributed by atoms with Crippen molar-refractivity contribution in [1.82, 2.24) is 9.97 Å². The minimum Gasteiger partial charge on any atom is -0.481 e. The number of aromatic nitrogens is 2. The fraction of sp³-hybridized carbons (Fsp3) is 0.312. The number of rotatable bonds is 5. The summed E-state index contributed by atoms with van der Waals surface area (Å²) in [4.78, 5) is 11.9. The Labute approximate surface area is 147 Å². The van der Waals surface area contributed by atoms with Gasteiger partial charge in [0.2, 0.25) is 11.8 Å². The number of benzene rings is 1. The third kappa shape index (κ3) is 3.40. The van der Waals surface area contributed by atoms with E-state index in [1.807, 2.05) is 0 Å². The van der Waals surface area contributed by atoms with Crippen molar-refractivity contribution in [3.8, 4) is 5.88 Å². The summed E-state index contributed by atoms with van der Waals surface area (Å²) in [6, 6.07) is 5.19. The number of methoxy groups -OCH3 is 1. The smallest absolute Gasteiger partial charge is 0.269 e. The Hall–Kier alpha value is -2.88. The topological polar surface area (TPSA) is 94.6 Å². The van der Waals surface area contributed by atoms with E-state index in [2.05, 4.69) is 20.3 Å². The zero-order valence-corrected chi connectivity index (χ0v) is 13.7. The van der Waals surface area contributed by atoms with Gasteiger partial charge in [0.1, 0.15) is 18.3 Å². The van der Waals surface area contributed by atoms with Gasteiger partial charge >= 0.3 is 0 Å². The molecule has 1 aliphatic rings. The maximum atomic E-state index is 14.4. The molecule has 0 spiro atoms. The van der Waals surface area contributed by atoms with Crippen LogP contribution in [0, 0.1) is 5.82 Å². The quantitative estimate of drug-likeness (QED) is 0.842. The molecule has 2 heterocycles. The second-order valence-corrected chi connectivity index (χ2v) is 5.56. The van der Waals surface area contributed by atoms with Crippen LogP contribution >= 0.6 is 0 Å². The first-order valence-electron chi connectivity index (χ1n) is 7.59. The van der Waals surface area contributed by atoms with Crippen LogP contribution in [0.15, 0.2) is 35.5 Å². The van der Waals surface area contributed by atoms with Gasteiger partial charge in [0.15, 0.2) is 5.54 Å². The molecule has 1 aromatic carbocycles. The predicted molar refractivity (Wildman–Crippen MR) is 88.4 cm³/mol. The molecule has 0 saturated carbocycles. The van der Waals surface area contributed by atoms with Crippen LogP contribution < -0.4 is 15.8 Å². The Morgan fingerprint density at radius 1 is 1.35 bits per heavy atom. The molecule has 10 heteroatoms. The van der Waals surface area contributed by atoms with Crippen LogP contribution in [-0.4, -0.2) is 42.6 Å². The lowest BCUT2D eigenvalue weighted by Gasteiger charge is -2.33. The Kier molecular flexibility index (Phi) is 4.94. The first kappa shape index (κ1) is 17.9. The molecule has 2 aromatic rings. The third-order valence-electron chi connectivity index (χ3n) is 3.80. The molecule has 1 atom stereocenters. The van der Waals surface area contributed by atoms with Crippen molar-refractivity contribution in [1.29, 1.82) is 0 Å². The van der Waals surface area contributed by atoms with Crippen molar-refractivity contribution >= 4 is 17.5 Å². The molecule has 1 aliphatic heterocycles. The SMILES string of the molecule is COc1ccnc(Nc2ccc(F)c(C3(C(F)F)COCC(N)=N3)c2)n1. The van der Waals surface area contributed by atoms with Gasteiger partial charge in [-0.3, -0.25) is 4.99 Å². The molecule has 0 radical (unpaired) electrons. The third-order valence-corrected chi connectivity index (χ3v) is 3.80. The van der Waals surface area contributed by atoms with Crippen LogP contribution in [0.1, 0.15) is 5.56 Å². The van der Waals surface area contributed by atoms with E-state index in [4.69, 9.17) is 15.2 Å². The highest BCUT2D eigenvalue weighted by atomic mass is 19.3. The number of hydrogen-bond acceptors (Lipinski definition) is 7. The lowest BCUT2D eigenvalue weighted by Crippen LogP contribution is -2.45. The van der Waals surface area contributed by atoms with Gasteiger partial charge in [-0.05, 0) is 18.2 Å². The molecule has 3 N–H and O–H groups in total. The summed E-state index contributed by atoms with van der Waals surface area (Å²) in [7, 11) is 1.44. The summed E-state index contributed by atoms with van der Waals surface area (Å²) in [5, 5.41) is 2.82. The van der Waals surface area contributed by atoms with E-state index in [9.17, 15) is 13.2 Å². The summed E-state index contributed by atoms with van der Waals surface area (Å²) < 4.78 is 52.1. The minimum atomic E-state index is -3.01. The minimum absolute atomic E-state index is 0.0777. The van der Waals surface area contributed by atoms with Crippen molar-refractivity contribution in [2.75, 3.05) is 25.6 Å². The maximum absolute atomic E-state index is 14.4. The first-order valence-corrected chi connectivity index (χ1v) is 7.59. The number of nitrogens with two attached hydrogens (primary N) is 1. The molecule has 26 heavy (non-hydrogen) atoms. The van der Waals surface area contributed by atoms with E-state index in [-0.39, 0.29) is 24.0 Å². The van der Waals surface area contributed by atoms with Gasteiger partial charge in [0.25, 0.3) is 6.43 Å². The van der Waals surface area contributed by atoms with Crippen LogP contribution in [0.5, 0.6) is 5.88 Å². The van der Waals surface area contributed by atoms with E-state index >= 15 is 0 Å². The maximum Gasteiger partial charge on any atom is 0.269 e. The summed E-state index contributed by atoms with van der Waals surface area (Å²) >= 11 is 0. The highest BCUT2D eigenvalue weighted by Gasteiger charge is 2.46. The van der Waals surface area contributed by atoms with Gasteiger partial charge in [0, 0.05) is 23.5 Å². The Morgan fingerprint density at radius 2 is 2.15 bits per heavy atom. The molecular weight excluding hydrogens is 351 g/mol. The molecule has 1 unspecified atom stereocenters. The van der Waals surface area contributed by atoms with Crippen molar-refractivity contribution in [2.45, 2.75) is 12.0 Å². The van der Waals surface area contributed by atoms with E-state index in [0.29, 0.717) is 11.6 Å². The van der Waals surface area contributed by atoms with Gasteiger partial charge < -0.3 is 20.5 Å². The number of nitrogens with zero attached hydrogens (tertiary/aromatic N) is 3. The summed E-state index contributed by atoms with van der Waals surface area (Å²) in [5.41, 5.74) is 3.31. The second-order valence-electron chi connectivity index (χ2n) is 5.56. The van der Waals surface area contributed by atoms with Crippen LogP contribution in [0.25, 0.3) is 0 Å². The monoisotopic (exact) mass is 367 g/mol. The molecule has 7 nitrogen and oxygen atoms in total. The average molecular weight is 367 g/mol. The Bertz CT molecular complexity index is 833. The standard InChI is InChI=1S/C16H16F3N5O2/c1-25-13-4-5-21-15(23-13)22-9-2-3-11(17)10(6-9)16(14(18)19)8-26-7-12(20)24-16/h2-6,14H,7-8H2,1H3,(H2,20,24)(H,21,22,23). The van der Waals surface area contributed by atoms with Gasteiger partial charge in [0.05, 0.1) is 13.7 Å². The summed E-state index contributed by atoms with van der Waals surface area (Å²) in [6.07, 6.45) is -1.56. The molecule has 0 saturated heterocycles. The Balaban J connectivity index is 2.00. The Morgan fingerprint density at radius 3 is 2.85 bits per heavy atom. The number of alkyl halides is 2. The number of nitrogens with one attached hydrogen (secondary N) is 1. The highest BCUT2D eigenvalue weighted by molar-refractivity contribution is 5.82. The summed E-state index contributed by atoms with van der Waals surface area (Å²) in [5.74, 6) is -0.488. The molecule has 0 aliphatic carbocycles. The van der Waals surface area contributed by atoms with Crippen LogP contribution in [0.2, 0.25) is 0 Å². The van der Waals surface area contributed by atoms with E-state index < -0.39 is 24.4 Å². The van der Waals surface area contributed by atoms with Gasteiger partial charge in [-0.2, -0.15) is 4.98 Å². The number of ether oxygens (including phenoxy) is 2. The fourth-order valence-corrected chi connectivity index (χ4v) is 2.58. The molecule has 0 bridgehead atoms. The van der Waals surface area contributed by atoms with Gasteiger partial charge in [-0.1, -0.05) is 0 Å². The molecule has 138 valence electrons. The van der Waals surface area contributed by atoms with Crippen molar-refractivity contribution < 1.29 is 22.6 Å². The number of aliphatic imine (C=N–C) groups is 1.